The van der Waals surface area contributed by atoms with Gasteiger partial charge in [-0.15, -0.1) is 0 Å². The van der Waals surface area contributed by atoms with Gasteiger partial charge in [0, 0.05) is 12.5 Å². The lowest BCUT2D eigenvalue weighted by molar-refractivity contribution is 0.120. The van der Waals surface area contributed by atoms with E-state index < -0.39 is 0 Å². The smallest absolute Gasteiger partial charge is 0.0805 e. The first-order valence-corrected chi connectivity index (χ1v) is 7.65. The van der Waals surface area contributed by atoms with E-state index in [-0.39, 0.29) is 6.10 Å². The monoisotopic (exact) mass is 272 g/mol. The van der Waals surface area contributed by atoms with Gasteiger partial charge >= 0.3 is 0 Å². The Kier molecular flexibility index (Phi) is 6.04. The first-order chi connectivity index (χ1) is 9.81. The van der Waals surface area contributed by atoms with Gasteiger partial charge in [0.15, 0.2) is 0 Å². The Morgan fingerprint density at radius 1 is 1.30 bits per heavy atom. The molecule has 0 aliphatic carbocycles. The quantitative estimate of drug-likeness (QED) is 0.775. The van der Waals surface area contributed by atoms with Gasteiger partial charge in [-0.3, -0.25) is 0 Å². The van der Waals surface area contributed by atoms with Crippen molar-refractivity contribution in [3.05, 3.63) is 35.9 Å². The van der Waals surface area contributed by atoms with Crippen LogP contribution in [0.3, 0.4) is 0 Å². The van der Waals surface area contributed by atoms with Crippen molar-refractivity contribution in [2.24, 2.45) is 0 Å². The van der Waals surface area contributed by atoms with Crippen LogP contribution in [0.2, 0.25) is 0 Å². The fourth-order valence-electron chi connectivity index (χ4n) is 3.04. The van der Waals surface area contributed by atoms with Gasteiger partial charge in [-0.1, -0.05) is 30.3 Å². The average molecular weight is 272 g/mol. The van der Waals surface area contributed by atoms with Gasteiger partial charge in [-0.2, -0.15) is 5.26 Å². The third-order valence-corrected chi connectivity index (χ3v) is 4.16. The summed E-state index contributed by atoms with van der Waals surface area (Å²) in [7, 11) is 0. The Morgan fingerprint density at radius 2 is 2.10 bits per heavy atom. The second kappa shape index (κ2) is 8.04. The predicted octanol–water partition coefficient (Wildman–Crippen LogP) is 3.27. The lowest BCUT2D eigenvalue weighted by Gasteiger charge is -2.26. The van der Waals surface area contributed by atoms with Gasteiger partial charge in [0.2, 0.25) is 0 Å². The second-order valence-electron chi connectivity index (χ2n) is 5.61. The van der Waals surface area contributed by atoms with E-state index in [4.69, 9.17) is 5.26 Å². The fraction of sp³-hybridized carbons (Fsp3) is 0.588. The van der Waals surface area contributed by atoms with Crippen molar-refractivity contribution in [2.75, 3.05) is 13.1 Å². The second-order valence-corrected chi connectivity index (χ2v) is 5.61. The molecule has 3 nitrogen and oxygen atoms in total. The van der Waals surface area contributed by atoms with Crippen molar-refractivity contribution in [3.8, 4) is 6.07 Å². The van der Waals surface area contributed by atoms with Crippen molar-refractivity contribution in [3.63, 3.8) is 0 Å². The van der Waals surface area contributed by atoms with Crippen molar-refractivity contribution in [1.29, 1.82) is 5.26 Å². The van der Waals surface area contributed by atoms with Crippen LogP contribution >= 0.6 is 0 Å². The Morgan fingerprint density at radius 3 is 2.85 bits per heavy atom. The molecule has 1 aliphatic rings. The average Bonchev–Trinajstić information content (AvgIpc) is 2.92. The molecule has 0 radical (unpaired) electrons. The maximum atomic E-state index is 10.3. The van der Waals surface area contributed by atoms with Gasteiger partial charge in [0.1, 0.15) is 0 Å². The first kappa shape index (κ1) is 15.0. The summed E-state index contributed by atoms with van der Waals surface area (Å²) < 4.78 is 0. The predicted molar refractivity (Wildman–Crippen MR) is 80.1 cm³/mol. The summed E-state index contributed by atoms with van der Waals surface area (Å²) in [6, 6.07) is 12.6. The fourth-order valence-corrected chi connectivity index (χ4v) is 3.04. The molecule has 2 atom stereocenters. The number of likely N-dealkylation sites (tertiary alicyclic amines) is 1. The zero-order valence-corrected chi connectivity index (χ0v) is 12.0. The van der Waals surface area contributed by atoms with Crippen molar-refractivity contribution < 1.29 is 5.11 Å². The number of hydrogen-bond donors (Lipinski definition) is 1. The molecule has 0 unspecified atom stereocenters. The molecular formula is C17H24N2O. The van der Waals surface area contributed by atoms with E-state index in [9.17, 15) is 5.11 Å². The molecule has 0 amide bonds. The normalized spacial score (nSPS) is 20.7. The molecule has 0 saturated carbocycles. The Labute approximate surface area is 121 Å². The standard InChI is InChI=1S/C17H24N2O/c18-11-5-2-6-12-19-13-7-10-16(19)14-17(20)15-8-3-1-4-9-15/h1,3-4,8-9,16-17,20H,2,5-7,10,12-14H2/t16-,17+/m0/s1. The number of nitrogens with zero attached hydrogens (tertiary/aromatic N) is 2. The maximum Gasteiger partial charge on any atom is 0.0805 e. The van der Waals surface area contributed by atoms with Crippen LogP contribution in [0.4, 0.5) is 0 Å². The minimum atomic E-state index is -0.360. The van der Waals surface area contributed by atoms with Crippen LogP contribution in [0, 0.1) is 11.3 Å². The zero-order valence-electron chi connectivity index (χ0n) is 12.0. The van der Waals surface area contributed by atoms with Crippen LogP contribution in [0.25, 0.3) is 0 Å². The molecule has 2 rings (SSSR count). The van der Waals surface area contributed by atoms with Crippen molar-refractivity contribution >= 4 is 0 Å². The number of aliphatic hydroxyl groups excluding tert-OH is 1. The topological polar surface area (TPSA) is 47.3 Å². The summed E-state index contributed by atoms with van der Waals surface area (Å²) >= 11 is 0. The molecule has 20 heavy (non-hydrogen) atoms. The third-order valence-electron chi connectivity index (χ3n) is 4.16. The molecule has 1 saturated heterocycles. The van der Waals surface area contributed by atoms with Crippen molar-refractivity contribution in [2.45, 2.75) is 50.7 Å². The van der Waals surface area contributed by atoms with Crippen molar-refractivity contribution in [1.82, 2.24) is 4.90 Å². The number of nitriles is 1. The van der Waals surface area contributed by atoms with Crippen LogP contribution in [0.5, 0.6) is 0 Å². The molecule has 1 aliphatic heterocycles. The van der Waals surface area contributed by atoms with Crippen LogP contribution in [-0.4, -0.2) is 29.1 Å². The minimum Gasteiger partial charge on any atom is -0.388 e. The van der Waals surface area contributed by atoms with E-state index in [0.717, 1.165) is 37.9 Å². The molecule has 0 aromatic heterocycles. The molecule has 1 N–H and O–H groups in total. The SMILES string of the molecule is N#CCCCCN1CCC[C@H]1C[C@@H](O)c1ccccc1. The highest BCUT2D eigenvalue weighted by molar-refractivity contribution is 5.17. The molecular weight excluding hydrogens is 248 g/mol. The van der Waals surface area contributed by atoms with Gasteiger partial charge in [-0.25, -0.2) is 0 Å². The van der Waals surface area contributed by atoms with Gasteiger partial charge in [0.05, 0.1) is 12.2 Å². The zero-order chi connectivity index (χ0) is 14.2. The minimum absolute atomic E-state index is 0.360. The van der Waals surface area contributed by atoms with E-state index >= 15 is 0 Å². The number of aliphatic hydroxyl groups is 1. The summed E-state index contributed by atoms with van der Waals surface area (Å²) in [5.41, 5.74) is 1.02. The van der Waals surface area contributed by atoms with Gasteiger partial charge < -0.3 is 10.0 Å². The van der Waals surface area contributed by atoms with Gasteiger partial charge in [0.25, 0.3) is 0 Å². The highest BCUT2D eigenvalue weighted by Crippen LogP contribution is 2.27. The Bertz CT molecular complexity index is 426. The van der Waals surface area contributed by atoms with E-state index in [1.165, 1.54) is 12.8 Å². The van der Waals surface area contributed by atoms with E-state index in [1.807, 2.05) is 30.3 Å². The Hall–Kier alpha value is -1.37. The summed E-state index contributed by atoms with van der Waals surface area (Å²) in [5, 5.41) is 18.9. The van der Waals surface area contributed by atoms with E-state index in [2.05, 4.69) is 11.0 Å². The summed E-state index contributed by atoms with van der Waals surface area (Å²) in [5.74, 6) is 0. The van der Waals surface area contributed by atoms with E-state index in [1.54, 1.807) is 0 Å². The highest BCUT2D eigenvalue weighted by atomic mass is 16.3. The number of benzene rings is 1. The summed E-state index contributed by atoms with van der Waals surface area (Å²) in [4.78, 5) is 2.49. The number of unbranched alkanes of at least 4 members (excludes halogenated alkanes) is 2. The summed E-state index contributed by atoms with van der Waals surface area (Å²) in [6.07, 6.45) is 5.60. The third kappa shape index (κ3) is 4.33. The van der Waals surface area contributed by atoms with Crippen LogP contribution in [0.1, 0.15) is 50.2 Å². The molecule has 1 fully saturated rings. The van der Waals surface area contributed by atoms with E-state index in [0.29, 0.717) is 12.5 Å². The first-order valence-electron chi connectivity index (χ1n) is 7.65. The van der Waals surface area contributed by atoms with Crippen LogP contribution < -0.4 is 0 Å². The molecule has 1 heterocycles. The molecule has 3 heteroatoms. The molecule has 0 spiro atoms. The molecule has 1 aromatic carbocycles. The maximum absolute atomic E-state index is 10.3. The van der Waals surface area contributed by atoms with Gasteiger partial charge in [-0.05, 0) is 50.8 Å². The highest BCUT2D eigenvalue weighted by Gasteiger charge is 2.26. The van der Waals surface area contributed by atoms with Crippen LogP contribution in [-0.2, 0) is 0 Å². The molecule has 0 bridgehead atoms. The largest absolute Gasteiger partial charge is 0.388 e. The van der Waals surface area contributed by atoms with Crippen LogP contribution in [0.15, 0.2) is 30.3 Å². The Balaban J connectivity index is 1.80. The summed E-state index contributed by atoms with van der Waals surface area (Å²) in [6.45, 7) is 2.20. The number of hydrogen-bond acceptors (Lipinski definition) is 3. The molecule has 1 aromatic rings. The lowest BCUT2D eigenvalue weighted by Crippen LogP contribution is -2.31. The molecule has 108 valence electrons. The number of rotatable bonds is 7. The lowest BCUT2D eigenvalue weighted by atomic mass is 10.0.